The van der Waals surface area contributed by atoms with Crippen molar-refractivity contribution in [1.82, 2.24) is 0 Å². The quantitative estimate of drug-likeness (QED) is 0.810. The van der Waals surface area contributed by atoms with Gasteiger partial charge in [-0.3, -0.25) is 4.79 Å². The number of ketones is 1. The number of nitriles is 1. The monoisotopic (exact) mass is 279 g/mol. The van der Waals surface area contributed by atoms with Crippen LogP contribution in [0, 0.1) is 11.3 Å². The Labute approximate surface area is 122 Å². The van der Waals surface area contributed by atoms with Crippen LogP contribution in [0.4, 0.5) is 0 Å². The van der Waals surface area contributed by atoms with E-state index in [9.17, 15) is 10.1 Å². The minimum Gasteiger partial charge on any atom is -0.486 e. The number of carbonyl (C=O) groups is 1. The maximum Gasteiger partial charge on any atom is 0.188 e. The third kappa shape index (κ3) is 2.46. The second-order valence-corrected chi connectivity index (χ2v) is 4.67. The van der Waals surface area contributed by atoms with Crippen LogP contribution in [0.15, 0.2) is 48.5 Å². The molecule has 21 heavy (non-hydrogen) atoms. The number of rotatable bonds is 3. The number of benzene rings is 2. The van der Waals surface area contributed by atoms with Gasteiger partial charge in [0.1, 0.15) is 19.1 Å². The average Bonchev–Trinajstić information content (AvgIpc) is 2.56. The van der Waals surface area contributed by atoms with Gasteiger partial charge in [-0.2, -0.15) is 5.26 Å². The Kier molecular flexibility index (Phi) is 3.57. The maximum absolute atomic E-state index is 12.7. The average molecular weight is 279 g/mol. The van der Waals surface area contributed by atoms with E-state index in [1.54, 1.807) is 30.3 Å². The first kappa shape index (κ1) is 13.2. The fourth-order valence-electron chi connectivity index (χ4n) is 2.35. The maximum atomic E-state index is 12.7. The van der Waals surface area contributed by atoms with Gasteiger partial charge in [-0.15, -0.1) is 0 Å². The van der Waals surface area contributed by atoms with Gasteiger partial charge < -0.3 is 9.47 Å². The smallest absolute Gasteiger partial charge is 0.188 e. The van der Waals surface area contributed by atoms with Crippen LogP contribution < -0.4 is 9.47 Å². The number of fused-ring (bicyclic) bond motifs is 1. The van der Waals surface area contributed by atoms with Gasteiger partial charge in [0.25, 0.3) is 0 Å². The molecule has 2 aromatic rings. The van der Waals surface area contributed by atoms with Gasteiger partial charge in [-0.1, -0.05) is 36.4 Å². The van der Waals surface area contributed by atoms with E-state index in [0.717, 1.165) is 0 Å². The first-order valence-electron chi connectivity index (χ1n) is 6.68. The summed E-state index contributed by atoms with van der Waals surface area (Å²) in [6, 6.07) is 16.3. The molecular formula is C17H13NO3. The molecule has 0 bridgehead atoms. The predicted octanol–water partition coefficient (Wildman–Crippen LogP) is 2.95. The summed E-state index contributed by atoms with van der Waals surface area (Å²) in [5, 5.41) is 9.37. The number of ether oxygens (including phenoxy) is 2. The summed E-state index contributed by atoms with van der Waals surface area (Å²) in [6.07, 6.45) is 0. The van der Waals surface area contributed by atoms with Crippen LogP contribution in [0.5, 0.6) is 11.5 Å². The van der Waals surface area contributed by atoms with Gasteiger partial charge >= 0.3 is 0 Å². The highest BCUT2D eigenvalue weighted by molar-refractivity contribution is 6.05. The molecule has 0 aromatic heterocycles. The van der Waals surface area contributed by atoms with E-state index in [1.807, 2.05) is 18.2 Å². The normalized spacial score (nSPS) is 14.0. The summed E-state index contributed by atoms with van der Waals surface area (Å²) in [7, 11) is 0. The van der Waals surface area contributed by atoms with E-state index in [-0.39, 0.29) is 5.78 Å². The third-order valence-corrected chi connectivity index (χ3v) is 3.36. The van der Waals surface area contributed by atoms with Crippen molar-refractivity contribution in [1.29, 1.82) is 5.26 Å². The van der Waals surface area contributed by atoms with Crippen LogP contribution in [0.1, 0.15) is 21.8 Å². The van der Waals surface area contributed by atoms with Crippen LogP contribution in [0.3, 0.4) is 0 Å². The van der Waals surface area contributed by atoms with E-state index < -0.39 is 5.92 Å². The summed E-state index contributed by atoms with van der Waals surface area (Å²) in [5.41, 5.74) is 1.07. The fraction of sp³-hybridized carbons (Fsp3) is 0.176. The molecule has 2 aromatic carbocycles. The summed E-state index contributed by atoms with van der Waals surface area (Å²) in [5.74, 6) is -0.129. The molecule has 0 aliphatic carbocycles. The first-order chi connectivity index (χ1) is 10.3. The molecule has 1 heterocycles. The lowest BCUT2D eigenvalue weighted by Gasteiger charge is -2.21. The van der Waals surface area contributed by atoms with Gasteiger partial charge in [-0.05, 0) is 17.7 Å². The molecule has 3 rings (SSSR count). The van der Waals surface area contributed by atoms with Crippen molar-refractivity contribution in [2.24, 2.45) is 0 Å². The van der Waals surface area contributed by atoms with Crippen LogP contribution in [-0.2, 0) is 0 Å². The minimum atomic E-state index is -0.844. The lowest BCUT2D eigenvalue weighted by Crippen LogP contribution is -2.19. The summed E-state index contributed by atoms with van der Waals surface area (Å²) in [6.45, 7) is 0.866. The van der Waals surface area contributed by atoms with E-state index in [2.05, 4.69) is 6.07 Å². The van der Waals surface area contributed by atoms with E-state index in [1.165, 1.54) is 0 Å². The predicted molar refractivity (Wildman–Crippen MR) is 76.6 cm³/mol. The Morgan fingerprint density at radius 1 is 1.05 bits per heavy atom. The molecule has 0 fully saturated rings. The van der Waals surface area contributed by atoms with Crippen LogP contribution in [0.25, 0.3) is 0 Å². The van der Waals surface area contributed by atoms with Gasteiger partial charge in [-0.25, -0.2) is 0 Å². The van der Waals surface area contributed by atoms with E-state index in [4.69, 9.17) is 9.47 Å². The SMILES string of the molecule is N#CC(C(=O)c1cccc2c1OCCO2)c1ccccc1. The summed E-state index contributed by atoms with van der Waals surface area (Å²) < 4.78 is 11.0. The Balaban J connectivity index is 2.00. The number of hydrogen-bond donors (Lipinski definition) is 0. The van der Waals surface area contributed by atoms with Gasteiger partial charge in [0.05, 0.1) is 11.6 Å². The van der Waals surface area contributed by atoms with Crippen molar-refractivity contribution in [3.05, 3.63) is 59.7 Å². The minimum absolute atomic E-state index is 0.272. The molecule has 1 aliphatic heterocycles. The summed E-state index contributed by atoms with van der Waals surface area (Å²) >= 11 is 0. The van der Waals surface area contributed by atoms with Crippen LogP contribution in [0.2, 0.25) is 0 Å². The molecule has 0 spiro atoms. The van der Waals surface area contributed by atoms with Crippen LogP contribution in [-0.4, -0.2) is 19.0 Å². The molecular weight excluding hydrogens is 266 g/mol. The zero-order valence-electron chi connectivity index (χ0n) is 11.3. The molecule has 0 saturated heterocycles. The standard InChI is InChI=1S/C17H13NO3/c18-11-14(12-5-2-1-3-6-12)16(19)13-7-4-8-15-17(13)21-10-9-20-15/h1-8,14H,9-10H2. The van der Waals surface area contributed by atoms with E-state index in [0.29, 0.717) is 35.8 Å². The highest BCUT2D eigenvalue weighted by Crippen LogP contribution is 2.36. The molecule has 4 heteroatoms. The molecule has 0 saturated carbocycles. The Hall–Kier alpha value is -2.80. The molecule has 1 aliphatic rings. The molecule has 0 radical (unpaired) electrons. The van der Waals surface area contributed by atoms with Gasteiger partial charge in [0.2, 0.25) is 0 Å². The largest absolute Gasteiger partial charge is 0.486 e. The lowest BCUT2D eigenvalue weighted by molar-refractivity contribution is 0.0967. The highest BCUT2D eigenvalue weighted by Gasteiger charge is 2.27. The molecule has 0 amide bonds. The zero-order chi connectivity index (χ0) is 14.7. The molecule has 4 nitrogen and oxygen atoms in total. The number of para-hydroxylation sites is 1. The van der Waals surface area contributed by atoms with Crippen molar-refractivity contribution in [2.45, 2.75) is 5.92 Å². The number of Topliss-reactive ketones (excluding diaryl/α,β-unsaturated/α-hetero) is 1. The van der Waals surface area contributed by atoms with Crippen molar-refractivity contribution in [3.8, 4) is 17.6 Å². The third-order valence-electron chi connectivity index (χ3n) is 3.36. The fourth-order valence-corrected chi connectivity index (χ4v) is 2.35. The highest BCUT2D eigenvalue weighted by atomic mass is 16.6. The first-order valence-corrected chi connectivity index (χ1v) is 6.68. The van der Waals surface area contributed by atoms with Gasteiger partial charge in [0.15, 0.2) is 17.3 Å². The molecule has 1 unspecified atom stereocenters. The van der Waals surface area contributed by atoms with Crippen LogP contribution >= 0.6 is 0 Å². The van der Waals surface area contributed by atoms with Crippen molar-refractivity contribution in [2.75, 3.05) is 13.2 Å². The van der Waals surface area contributed by atoms with Crippen molar-refractivity contribution >= 4 is 5.78 Å². The second-order valence-electron chi connectivity index (χ2n) is 4.67. The van der Waals surface area contributed by atoms with Crippen molar-refractivity contribution < 1.29 is 14.3 Å². The number of carbonyl (C=O) groups excluding carboxylic acids is 1. The zero-order valence-corrected chi connectivity index (χ0v) is 11.3. The molecule has 1 atom stereocenters. The Bertz CT molecular complexity index is 704. The number of hydrogen-bond acceptors (Lipinski definition) is 4. The second kappa shape index (κ2) is 5.68. The molecule has 104 valence electrons. The summed E-state index contributed by atoms with van der Waals surface area (Å²) in [4.78, 5) is 12.7. The van der Waals surface area contributed by atoms with Gasteiger partial charge in [0, 0.05) is 0 Å². The Morgan fingerprint density at radius 2 is 1.81 bits per heavy atom. The number of nitrogens with zero attached hydrogens (tertiary/aromatic N) is 1. The lowest BCUT2D eigenvalue weighted by atomic mass is 9.91. The topological polar surface area (TPSA) is 59.3 Å². The van der Waals surface area contributed by atoms with Crippen molar-refractivity contribution in [3.63, 3.8) is 0 Å². The Morgan fingerprint density at radius 3 is 2.57 bits per heavy atom. The molecule has 0 N–H and O–H groups in total. The van der Waals surface area contributed by atoms with E-state index >= 15 is 0 Å².